The molecule has 0 saturated carbocycles. The van der Waals surface area contributed by atoms with Gasteiger partial charge in [0.25, 0.3) is 17.4 Å². The molecule has 6 heteroatoms. The summed E-state index contributed by atoms with van der Waals surface area (Å²) in [6.45, 7) is 0.659. The molecule has 0 atom stereocenters. The first-order valence-electron chi connectivity index (χ1n) is 10.4. The molecule has 0 saturated heterocycles. The summed E-state index contributed by atoms with van der Waals surface area (Å²) in [6, 6.07) is 23.4. The monoisotopic (exact) mass is 423 g/mol. The predicted molar refractivity (Wildman–Crippen MR) is 125 cm³/mol. The molecule has 2 heterocycles. The minimum absolute atomic E-state index is 0.0645. The normalized spacial score (nSPS) is 12.6. The lowest BCUT2D eigenvalue weighted by Gasteiger charge is -2.17. The molecule has 1 aliphatic heterocycles. The fraction of sp³-hybridized carbons (Fsp3) is 0.115. The van der Waals surface area contributed by atoms with Gasteiger partial charge >= 0.3 is 0 Å². The number of fused-ring (bicyclic) bond motifs is 2. The second-order valence-corrected chi connectivity index (χ2v) is 7.84. The number of pyridine rings is 1. The van der Waals surface area contributed by atoms with E-state index >= 15 is 0 Å². The third kappa shape index (κ3) is 3.36. The van der Waals surface area contributed by atoms with Crippen molar-refractivity contribution in [3.63, 3.8) is 0 Å². The number of carbonyl (C=O) groups is 2. The molecule has 32 heavy (non-hydrogen) atoms. The minimum atomic E-state index is -0.369. The number of carbonyl (C=O) groups excluding carboxylic acids is 2. The maximum Gasteiger partial charge on any atom is 0.258 e. The van der Waals surface area contributed by atoms with Gasteiger partial charge in [0.2, 0.25) is 0 Å². The molecule has 4 aromatic rings. The van der Waals surface area contributed by atoms with E-state index in [0.717, 1.165) is 12.1 Å². The molecule has 0 fully saturated rings. The highest BCUT2D eigenvalue weighted by molar-refractivity contribution is 6.12. The molecule has 0 spiro atoms. The van der Waals surface area contributed by atoms with Crippen LogP contribution in [0.4, 0.5) is 11.4 Å². The topological polar surface area (TPSA) is 71.4 Å². The van der Waals surface area contributed by atoms with E-state index in [-0.39, 0.29) is 17.4 Å². The highest BCUT2D eigenvalue weighted by Gasteiger charge is 2.25. The Hall–Kier alpha value is -4.19. The Morgan fingerprint density at radius 2 is 1.62 bits per heavy atom. The zero-order valence-electron chi connectivity index (χ0n) is 17.5. The Bertz CT molecular complexity index is 1420. The second-order valence-electron chi connectivity index (χ2n) is 7.84. The van der Waals surface area contributed by atoms with Crippen LogP contribution in [0, 0.1) is 0 Å². The van der Waals surface area contributed by atoms with Crippen LogP contribution in [0.2, 0.25) is 0 Å². The number of rotatable bonds is 3. The number of anilines is 2. The summed E-state index contributed by atoms with van der Waals surface area (Å²) in [4.78, 5) is 40.0. The fourth-order valence-electron chi connectivity index (χ4n) is 4.20. The average molecular weight is 423 g/mol. The first kappa shape index (κ1) is 19.8. The zero-order valence-corrected chi connectivity index (χ0v) is 17.5. The molecule has 0 unspecified atom stereocenters. The molecule has 158 valence electrons. The van der Waals surface area contributed by atoms with E-state index in [1.54, 1.807) is 36.2 Å². The van der Waals surface area contributed by atoms with Crippen LogP contribution in [0.3, 0.4) is 0 Å². The van der Waals surface area contributed by atoms with Crippen molar-refractivity contribution in [1.82, 2.24) is 4.57 Å². The van der Waals surface area contributed by atoms with Crippen LogP contribution >= 0.6 is 0 Å². The van der Waals surface area contributed by atoms with Crippen molar-refractivity contribution in [2.24, 2.45) is 7.05 Å². The molecule has 0 aliphatic carbocycles. The number of benzene rings is 3. The van der Waals surface area contributed by atoms with Crippen LogP contribution in [0.1, 0.15) is 26.3 Å². The van der Waals surface area contributed by atoms with Crippen LogP contribution < -0.4 is 15.8 Å². The molecule has 1 aromatic heterocycles. The van der Waals surface area contributed by atoms with Gasteiger partial charge in [0.15, 0.2) is 0 Å². The van der Waals surface area contributed by atoms with Gasteiger partial charge in [0, 0.05) is 42.0 Å². The number of aromatic nitrogens is 1. The predicted octanol–water partition coefficient (Wildman–Crippen LogP) is 3.99. The largest absolute Gasteiger partial charge is 0.322 e. The number of para-hydroxylation sites is 2. The summed E-state index contributed by atoms with van der Waals surface area (Å²) in [5.41, 5.74) is 3.99. The number of aryl methyl sites for hydroxylation is 1. The molecule has 1 N–H and O–H groups in total. The van der Waals surface area contributed by atoms with Crippen molar-refractivity contribution in [2.45, 2.75) is 6.42 Å². The lowest BCUT2D eigenvalue weighted by Crippen LogP contribution is -2.28. The first-order chi connectivity index (χ1) is 15.5. The Morgan fingerprint density at radius 1 is 0.906 bits per heavy atom. The van der Waals surface area contributed by atoms with Gasteiger partial charge in [-0.3, -0.25) is 14.4 Å². The molecule has 5 rings (SSSR count). The van der Waals surface area contributed by atoms with Gasteiger partial charge in [-0.05, 0) is 48.4 Å². The standard InChI is InChI=1S/C26H21N3O3/c1-28-23-9-5-3-7-20(23)21(16-24(28)30)25(31)27-19-12-10-18(11-13-19)26(32)29-15-14-17-6-2-4-8-22(17)29/h2-13,16H,14-15H2,1H3,(H,27,31). The summed E-state index contributed by atoms with van der Waals surface area (Å²) < 4.78 is 1.52. The first-order valence-corrected chi connectivity index (χ1v) is 10.4. The summed E-state index contributed by atoms with van der Waals surface area (Å²) in [7, 11) is 1.68. The number of nitrogens with one attached hydrogen (secondary N) is 1. The van der Waals surface area contributed by atoms with Gasteiger partial charge in [-0.1, -0.05) is 36.4 Å². The van der Waals surface area contributed by atoms with Crippen LogP contribution in [-0.4, -0.2) is 22.9 Å². The number of nitrogens with zero attached hydrogens (tertiary/aromatic N) is 2. The lowest BCUT2D eigenvalue weighted by molar-refractivity contribution is 0.0988. The Morgan fingerprint density at radius 3 is 2.44 bits per heavy atom. The summed E-state index contributed by atoms with van der Waals surface area (Å²) in [5, 5.41) is 3.54. The fourth-order valence-corrected chi connectivity index (χ4v) is 4.20. The summed E-state index contributed by atoms with van der Waals surface area (Å²) >= 11 is 0. The van der Waals surface area contributed by atoms with E-state index in [4.69, 9.17) is 0 Å². The van der Waals surface area contributed by atoms with Crippen molar-refractivity contribution in [2.75, 3.05) is 16.8 Å². The van der Waals surface area contributed by atoms with Crippen LogP contribution in [-0.2, 0) is 13.5 Å². The lowest BCUT2D eigenvalue weighted by atomic mass is 10.1. The van der Waals surface area contributed by atoms with Crippen molar-refractivity contribution in [1.29, 1.82) is 0 Å². The number of hydrogen-bond donors (Lipinski definition) is 1. The van der Waals surface area contributed by atoms with Crippen LogP contribution in [0.15, 0.2) is 83.7 Å². The molecule has 1 aliphatic rings. The van der Waals surface area contributed by atoms with E-state index in [0.29, 0.717) is 34.3 Å². The van der Waals surface area contributed by atoms with E-state index in [1.807, 2.05) is 48.5 Å². The maximum absolute atomic E-state index is 13.0. The SMILES string of the molecule is Cn1c(=O)cc(C(=O)Nc2ccc(C(=O)N3CCc4ccccc43)cc2)c2ccccc21. The van der Waals surface area contributed by atoms with E-state index < -0.39 is 0 Å². The molecular weight excluding hydrogens is 402 g/mol. The highest BCUT2D eigenvalue weighted by atomic mass is 16.2. The Balaban J connectivity index is 1.38. The quantitative estimate of drug-likeness (QED) is 0.542. The number of amides is 2. The van der Waals surface area contributed by atoms with E-state index in [2.05, 4.69) is 5.32 Å². The third-order valence-electron chi connectivity index (χ3n) is 5.92. The van der Waals surface area contributed by atoms with Crippen LogP contribution in [0.25, 0.3) is 10.9 Å². The van der Waals surface area contributed by atoms with Gasteiger partial charge in [-0.25, -0.2) is 0 Å². The van der Waals surface area contributed by atoms with Gasteiger partial charge in [0.1, 0.15) is 0 Å². The zero-order chi connectivity index (χ0) is 22.2. The molecule has 3 aromatic carbocycles. The molecule has 2 amide bonds. The third-order valence-corrected chi connectivity index (χ3v) is 5.92. The summed E-state index contributed by atoms with van der Waals surface area (Å²) in [6.07, 6.45) is 0.848. The average Bonchev–Trinajstić information content (AvgIpc) is 3.25. The maximum atomic E-state index is 13.0. The van der Waals surface area contributed by atoms with Gasteiger partial charge < -0.3 is 14.8 Å². The van der Waals surface area contributed by atoms with E-state index in [9.17, 15) is 14.4 Å². The van der Waals surface area contributed by atoms with Gasteiger partial charge in [0.05, 0.1) is 11.1 Å². The van der Waals surface area contributed by atoms with E-state index in [1.165, 1.54) is 16.2 Å². The Labute approximate surface area is 184 Å². The van der Waals surface area contributed by atoms with Crippen molar-refractivity contribution in [3.8, 4) is 0 Å². The van der Waals surface area contributed by atoms with Crippen molar-refractivity contribution >= 4 is 34.1 Å². The van der Waals surface area contributed by atoms with Gasteiger partial charge in [-0.15, -0.1) is 0 Å². The summed E-state index contributed by atoms with van der Waals surface area (Å²) in [5.74, 6) is -0.433. The second kappa shape index (κ2) is 7.81. The molecule has 0 radical (unpaired) electrons. The molecular formula is C26H21N3O3. The minimum Gasteiger partial charge on any atom is -0.322 e. The van der Waals surface area contributed by atoms with Crippen molar-refractivity contribution in [3.05, 3.63) is 106 Å². The van der Waals surface area contributed by atoms with Gasteiger partial charge in [-0.2, -0.15) is 0 Å². The smallest absolute Gasteiger partial charge is 0.258 e. The number of hydrogen-bond acceptors (Lipinski definition) is 3. The highest BCUT2D eigenvalue weighted by Crippen LogP contribution is 2.29. The van der Waals surface area contributed by atoms with Crippen molar-refractivity contribution < 1.29 is 9.59 Å². The molecule has 6 nitrogen and oxygen atoms in total. The Kier molecular flexibility index (Phi) is 4.82. The van der Waals surface area contributed by atoms with Crippen LogP contribution in [0.5, 0.6) is 0 Å². The molecule has 0 bridgehead atoms.